The van der Waals surface area contributed by atoms with Gasteiger partial charge in [0.25, 0.3) is 0 Å². The Labute approximate surface area is 137 Å². The first-order chi connectivity index (χ1) is 9.97. The molecule has 1 heterocycles. The molecule has 0 bridgehead atoms. The van der Waals surface area contributed by atoms with Crippen LogP contribution < -0.4 is 10.2 Å². The van der Waals surface area contributed by atoms with Gasteiger partial charge in [0.15, 0.2) is 0 Å². The van der Waals surface area contributed by atoms with Gasteiger partial charge < -0.3 is 10.2 Å². The largest absolute Gasteiger partial charge is 0.369 e. The van der Waals surface area contributed by atoms with Crippen molar-refractivity contribution < 1.29 is 0 Å². The Bertz CT molecular complexity index is 451. The molecule has 1 fully saturated rings. The van der Waals surface area contributed by atoms with Crippen molar-refractivity contribution in [1.82, 2.24) is 10.2 Å². The van der Waals surface area contributed by atoms with Crippen LogP contribution in [0.15, 0.2) is 22.7 Å². The molecule has 4 heteroatoms. The molecule has 0 unspecified atom stereocenters. The Morgan fingerprint density at radius 1 is 1.10 bits per heavy atom. The fraction of sp³-hybridized carbons (Fsp3) is 0.647. The zero-order chi connectivity index (χ0) is 15.4. The number of hydrogen-bond donors (Lipinski definition) is 1. The number of anilines is 1. The molecule has 118 valence electrons. The molecule has 0 aliphatic carbocycles. The molecule has 1 aliphatic heterocycles. The van der Waals surface area contributed by atoms with Gasteiger partial charge in [-0.15, -0.1) is 0 Å². The molecule has 0 saturated carbocycles. The van der Waals surface area contributed by atoms with Crippen LogP contribution in [0.3, 0.4) is 0 Å². The van der Waals surface area contributed by atoms with E-state index >= 15 is 0 Å². The lowest BCUT2D eigenvalue weighted by Crippen LogP contribution is -2.48. The summed E-state index contributed by atoms with van der Waals surface area (Å²) in [5.41, 5.74) is 2.66. The summed E-state index contributed by atoms with van der Waals surface area (Å²) in [7, 11) is 0. The number of halogens is 1. The van der Waals surface area contributed by atoms with E-state index in [1.807, 2.05) is 0 Å². The van der Waals surface area contributed by atoms with Crippen molar-refractivity contribution in [1.29, 1.82) is 0 Å². The van der Waals surface area contributed by atoms with Crippen LogP contribution in [0.4, 0.5) is 5.69 Å². The fourth-order valence-electron chi connectivity index (χ4n) is 2.69. The van der Waals surface area contributed by atoms with E-state index in [2.05, 4.69) is 76.9 Å². The van der Waals surface area contributed by atoms with Crippen molar-refractivity contribution in [3.8, 4) is 0 Å². The molecule has 1 aromatic rings. The SMILES string of the molecule is CC(C)NCc1ccc(N2CCN(C(C)C)CC2)cc1Br. The van der Waals surface area contributed by atoms with E-state index in [-0.39, 0.29) is 0 Å². The zero-order valence-electron chi connectivity index (χ0n) is 13.7. The van der Waals surface area contributed by atoms with E-state index in [1.54, 1.807) is 0 Å². The minimum absolute atomic E-state index is 0.515. The van der Waals surface area contributed by atoms with Crippen LogP contribution in [0.25, 0.3) is 0 Å². The van der Waals surface area contributed by atoms with Crippen molar-refractivity contribution in [2.24, 2.45) is 0 Å². The highest BCUT2D eigenvalue weighted by atomic mass is 79.9. The summed E-state index contributed by atoms with van der Waals surface area (Å²) in [6.45, 7) is 14.4. The molecule has 3 nitrogen and oxygen atoms in total. The van der Waals surface area contributed by atoms with Gasteiger partial charge in [-0.05, 0) is 31.5 Å². The second-order valence-corrected chi connectivity index (χ2v) is 7.28. The van der Waals surface area contributed by atoms with E-state index in [0.717, 1.165) is 32.7 Å². The Balaban J connectivity index is 1.97. The van der Waals surface area contributed by atoms with E-state index in [0.29, 0.717) is 12.1 Å². The molecule has 21 heavy (non-hydrogen) atoms. The quantitative estimate of drug-likeness (QED) is 0.874. The number of rotatable bonds is 5. The second kappa shape index (κ2) is 7.61. The third kappa shape index (κ3) is 4.70. The lowest BCUT2D eigenvalue weighted by Gasteiger charge is -2.38. The number of nitrogens with one attached hydrogen (secondary N) is 1. The Hall–Kier alpha value is -0.580. The topological polar surface area (TPSA) is 18.5 Å². The summed E-state index contributed by atoms with van der Waals surface area (Å²) >= 11 is 3.72. The highest BCUT2D eigenvalue weighted by Crippen LogP contribution is 2.25. The van der Waals surface area contributed by atoms with Crippen LogP contribution in [-0.4, -0.2) is 43.2 Å². The monoisotopic (exact) mass is 353 g/mol. The minimum atomic E-state index is 0.515. The molecule has 0 spiro atoms. The van der Waals surface area contributed by atoms with Crippen molar-refractivity contribution in [3.05, 3.63) is 28.2 Å². The van der Waals surface area contributed by atoms with Gasteiger partial charge >= 0.3 is 0 Å². The van der Waals surface area contributed by atoms with Gasteiger partial charge in [0.05, 0.1) is 0 Å². The van der Waals surface area contributed by atoms with Crippen molar-refractivity contribution in [2.45, 2.75) is 46.3 Å². The van der Waals surface area contributed by atoms with Crippen LogP contribution in [0.1, 0.15) is 33.3 Å². The summed E-state index contributed by atoms with van der Waals surface area (Å²) in [6.07, 6.45) is 0. The number of nitrogens with zero attached hydrogens (tertiary/aromatic N) is 2. The van der Waals surface area contributed by atoms with Gasteiger partial charge in [0.2, 0.25) is 0 Å². The maximum absolute atomic E-state index is 3.72. The predicted molar refractivity (Wildman–Crippen MR) is 95.0 cm³/mol. The van der Waals surface area contributed by atoms with Crippen LogP contribution >= 0.6 is 15.9 Å². The molecular weight excluding hydrogens is 326 g/mol. The Morgan fingerprint density at radius 3 is 2.29 bits per heavy atom. The molecule has 1 aliphatic rings. The first-order valence-electron chi connectivity index (χ1n) is 7.98. The highest BCUT2D eigenvalue weighted by molar-refractivity contribution is 9.10. The average Bonchev–Trinajstić information content (AvgIpc) is 2.46. The summed E-state index contributed by atoms with van der Waals surface area (Å²) in [5, 5.41) is 3.47. The average molecular weight is 354 g/mol. The molecule has 0 atom stereocenters. The minimum Gasteiger partial charge on any atom is -0.369 e. The van der Waals surface area contributed by atoms with Gasteiger partial charge in [-0.2, -0.15) is 0 Å². The highest BCUT2D eigenvalue weighted by Gasteiger charge is 2.19. The summed E-state index contributed by atoms with van der Waals surface area (Å²) in [6, 6.07) is 7.93. The Morgan fingerprint density at radius 2 is 1.76 bits per heavy atom. The van der Waals surface area contributed by atoms with Crippen LogP contribution in [0.5, 0.6) is 0 Å². The number of piperazine rings is 1. The first-order valence-corrected chi connectivity index (χ1v) is 8.77. The van der Waals surface area contributed by atoms with E-state index in [4.69, 9.17) is 0 Å². The van der Waals surface area contributed by atoms with Gasteiger partial charge in [0, 0.05) is 55.0 Å². The molecule has 0 aromatic heterocycles. The molecule has 0 amide bonds. The number of hydrogen-bond acceptors (Lipinski definition) is 3. The van der Waals surface area contributed by atoms with Crippen LogP contribution in [-0.2, 0) is 6.54 Å². The molecule has 0 radical (unpaired) electrons. The standard InChI is InChI=1S/C17H28BrN3/c1-13(2)19-12-15-5-6-16(11-17(15)18)21-9-7-20(8-10-21)14(3)4/h5-6,11,13-14,19H,7-10,12H2,1-4H3. The third-order valence-electron chi connectivity index (χ3n) is 4.15. The maximum atomic E-state index is 3.72. The molecule has 1 N–H and O–H groups in total. The van der Waals surface area contributed by atoms with E-state index < -0.39 is 0 Å². The van der Waals surface area contributed by atoms with E-state index in [1.165, 1.54) is 15.7 Å². The lowest BCUT2D eigenvalue weighted by molar-refractivity contribution is 0.209. The van der Waals surface area contributed by atoms with Gasteiger partial charge in [0.1, 0.15) is 0 Å². The maximum Gasteiger partial charge on any atom is 0.0378 e. The van der Waals surface area contributed by atoms with Crippen molar-refractivity contribution >= 4 is 21.6 Å². The summed E-state index contributed by atoms with van der Waals surface area (Å²) in [5.74, 6) is 0. The van der Waals surface area contributed by atoms with Gasteiger partial charge in [-0.1, -0.05) is 35.8 Å². The van der Waals surface area contributed by atoms with Gasteiger partial charge in [-0.3, -0.25) is 4.90 Å². The molecular formula is C17H28BrN3. The first kappa shape index (κ1) is 16.8. The second-order valence-electron chi connectivity index (χ2n) is 6.43. The van der Waals surface area contributed by atoms with Crippen molar-refractivity contribution in [2.75, 3.05) is 31.1 Å². The van der Waals surface area contributed by atoms with Crippen LogP contribution in [0, 0.1) is 0 Å². The molecule has 2 rings (SSSR count). The molecule has 1 saturated heterocycles. The summed E-state index contributed by atoms with van der Waals surface area (Å²) in [4.78, 5) is 5.04. The smallest absolute Gasteiger partial charge is 0.0378 e. The zero-order valence-corrected chi connectivity index (χ0v) is 15.3. The summed E-state index contributed by atoms with van der Waals surface area (Å²) < 4.78 is 1.21. The molecule has 1 aromatic carbocycles. The van der Waals surface area contributed by atoms with Crippen molar-refractivity contribution in [3.63, 3.8) is 0 Å². The third-order valence-corrected chi connectivity index (χ3v) is 4.89. The van der Waals surface area contributed by atoms with E-state index in [9.17, 15) is 0 Å². The van der Waals surface area contributed by atoms with Gasteiger partial charge in [-0.25, -0.2) is 0 Å². The normalized spacial score (nSPS) is 17.0. The predicted octanol–water partition coefficient (Wildman–Crippen LogP) is 3.48. The Kier molecular flexibility index (Phi) is 6.08. The number of benzene rings is 1. The van der Waals surface area contributed by atoms with Crippen LogP contribution in [0.2, 0.25) is 0 Å². The lowest BCUT2D eigenvalue weighted by atomic mass is 10.1. The fourth-order valence-corrected chi connectivity index (χ4v) is 3.19.